The van der Waals surface area contributed by atoms with E-state index in [1.54, 1.807) is 6.07 Å². The second-order valence-electron chi connectivity index (χ2n) is 5.99. The molecule has 1 aromatic carbocycles. The lowest BCUT2D eigenvalue weighted by Crippen LogP contribution is -2.35. The number of rotatable bonds is 4. The number of nitrogens with one attached hydrogen (secondary N) is 1. The first-order valence-electron chi connectivity index (χ1n) is 7.56. The summed E-state index contributed by atoms with van der Waals surface area (Å²) in [6.45, 7) is 2.17. The minimum absolute atomic E-state index is 0.294. The van der Waals surface area contributed by atoms with Crippen molar-refractivity contribution in [3.05, 3.63) is 28.2 Å². The molecule has 0 amide bonds. The highest BCUT2D eigenvalue weighted by Gasteiger charge is 2.34. The molecule has 2 fully saturated rings. The molecule has 1 heterocycles. The van der Waals surface area contributed by atoms with Crippen LogP contribution in [0.3, 0.4) is 0 Å². The minimum atomic E-state index is 0.294. The molecule has 2 nitrogen and oxygen atoms in total. The van der Waals surface area contributed by atoms with Crippen LogP contribution in [0.1, 0.15) is 32.1 Å². The third kappa shape index (κ3) is 3.41. The van der Waals surface area contributed by atoms with Gasteiger partial charge < -0.3 is 10.1 Å². The first-order chi connectivity index (χ1) is 9.72. The molecular formula is C16H21Cl2NO. The highest BCUT2D eigenvalue weighted by molar-refractivity contribution is 6.34. The number of hydrogen-bond acceptors (Lipinski definition) is 2. The number of ether oxygens (including phenoxy) is 1. The maximum absolute atomic E-state index is 6.34. The normalized spacial score (nSPS) is 25.0. The van der Waals surface area contributed by atoms with Gasteiger partial charge in [-0.3, -0.25) is 0 Å². The smallest absolute Gasteiger partial charge is 0.122 e. The average Bonchev–Trinajstić information content (AvgIpc) is 3.08. The topological polar surface area (TPSA) is 21.3 Å². The molecule has 0 radical (unpaired) electrons. The van der Waals surface area contributed by atoms with E-state index in [1.807, 2.05) is 12.1 Å². The zero-order chi connectivity index (χ0) is 13.9. The van der Waals surface area contributed by atoms with Crippen molar-refractivity contribution in [2.45, 2.75) is 38.2 Å². The SMILES string of the molecule is Clc1cc(Cl)cc(OC(C2CCCC2)C2CCNC2)c1. The maximum Gasteiger partial charge on any atom is 0.122 e. The molecule has 1 N–H and O–H groups in total. The average molecular weight is 314 g/mol. The molecule has 0 aromatic heterocycles. The monoisotopic (exact) mass is 313 g/mol. The van der Waals surface area contributed by atoms with Crippen molar-refractivity contribution in [1.82, 2.24) is 5.32 Å². The second-order valence-corrected chi connectivity index (χ2v) is 6.86. The van der Waals surface area contributed by atoms with Crippen LogP contribution < -0.4 is 10.1 Å². The zero-order valence-electron chi connectivity index (χ0n) is 11.6. The first kappa shape index (κ1) is 14.5. The molecule has 0 spiro atoms. The summed E-state index contributed by atoms with van der Waals surface area (Å²) >= 11 is 12.2. The van der Waals surface area contributed by atoms with Gasteiger partial charge >= 0.3 is 0 Å². The summed E-state index contributed by atoms with van der Waals surface area (Å²) in [6.07, 6.45) is 6.74. The van der Waals surface area contributed by atoms with Gasteiger partial charge in [0.15, 0.2) is 0 Å². The van der Waals surface area contributed by atoms with Crippen LogP contribution in [0.4, 0.5) is 0 Å². The van der Waals surface area contributed by atoms with Gasteiger partial charge in [0.05, 0.1) is 0 Å². The van der Waals surface area contributed by atoms with Gasteiger partial charge in [0.2, 0.25) is 0 Å². The van der Waals surface area contributed by atoms with Crippen LogP contribution in [0.15, 0.2) is 18.2 Å². The van der Waals surface area contributed by atoms with E-state index in [2.05, 4.69) is 5.32 Å². The molecular weight excluding hydrogens is 293 g/mol. The summed E-state index contributed by atoms with van der Waals surface area (Å²) in [5, 5.41) is 4.73. The Kier molecular flexibility index (Phi) is 4.75. The third-order valence-electron chi connectivity index (χ3n) is 4.54. The molecule has 1 aromatic rings. The van der Waals surface area contributed by atoms with Gasteiger partial charge in [-0.2, -0.15) is 0 Å². The second kappa shape index (κ2) is 6.55. The number of halogens is 2. The molecule has 1 saturated heterocycles. The van der Waals surface area contributed by atoms with Crippen LogP contribution in [0.2, 0.25) is 10.0 Å². The van der Waals surface area contributed by atoms with E-state index in [1.165, 1.54) is 32.1 Å². The molecule has 110 valence electrons. The summed E-state index contributed by atoms with van der Waals surface area (Å²) in [6, 6.07) is 5.49. The van der Waals surface area contributed by atoms with Crippen LogP contribution in [0.5, 0.6) is 5.75 Å². The van der Waals surface area contributed by atoms with Gasteiger partial charge in [-0.05, 0) is 49.9 Å². The van der Waals surface area contributed by atoms with Gasteiger partial charge in [-0.1, -0.05) is 36.0 Å². The lowest BCUT2D eigenvalue weighted by atomic mass is 9.89. The van der Waals surface area contributed by atoms with Crippen molar-refractivity contribution in [2.75, 3.05) is 13.1 Å². The minimum Gasteiger partial charge on any atom is -0.490 e. The Labute approximate surface area is 130 Å². The Morgan fingerprint density at radius 1 is 1.00 bits per heavy atom. The van der Waals surface area contributed by atoms with E-state index in [9.17, 15) is 0 Å². The van der Waals surface area contributed by atoms with E-state index in [-0.39, 0.29) is 0 Å². The van der Waals surface area contributed by atoms with Gasteiger partial charge in [-0.15, -0.1) is 0 Å². The predicted molar refractivity (Wildman–Crippen MR) is 83.8 cm³/mol. The number of benzene rings is 1. The molecule has 4 heteroatoms. The largest absolute Gasteiger partial charge is 0.490 e. The van der Waals surface area contributed by atoms with Crippen molar-refractivity contribution in [1.29, 1.82) is 0 Å². The van der Waals surface area contributed by atoms with Crippen LogP contribution >= 0.6 is 23.2 Å². The summed E-state index contributed by atoms with van der Waals surface area (Å²) in [4.78, 5) is 0. The van der Waals surface area contributed by atoms with Crippen LogP contribution in [-0.2, 0) is 0 Å². The van der Waals surface area contributed by atoms with Crippen molar-refractivity contribution >= 4 is 23.2 Å². The molecule has 2 unspecified atom stereocenters. The molecule has 2 aliphatic rings. The Bertz CT molecular complexity index is 418. The van der Waals surface area contributed by atoms with E-state index in [4.69, 9.17) is 27.9 Å². The van der Waals surface area contributed by atoms with Crippen molar-refractivity contribution in [2.24, 2.45) is 11.8 Å². The van der Waals surface area contributed by atoms with Crippen LogP contribution in [0, 0.1) is 11.8 Å². The summed E-state index contributed by atoms with van der Waals surface area (Å²) in [5.41, 5.74) is 0. The highest BCUT2D eigenvalue weighted by Crippen LogP contribution is 2.36. The van der Waals surface area contributed by atoms with Crippen LogP contribution in [0.25, 0.3) is 0 Å². The molecule has 0 bridgehead atoms. The van der Waals surface area contributed by atoms with Gasteiger partial charge in [-0.25, -0.2) is 0 Å². The van der Waals surface area contributed by atoms with Crippen molar-refractivity contribution in [3.8, 4) is 5.75 Å². The summed E-state index contributed by atoms with van der Waals surface area (Å²) in [7, 11) is 0. The predicted octanol–water partition coefficient (Wildman–Crippen LogP) is 4.54. The quantitative estimate of drug-likeness (QED) is 0.881. The Morgan fingerprint density at radius 3 is 2.30 bits per heavy atom. The summed E-state index contributed by atoms with van der Waals surface area (Å²) in [5.74, 6) is 2.10. The van der Waals surface area contributed by atoms with Gasteiger partial charge in [0, 0.05) is 22.5 Å². The molecule has 1 aliphatic heterocycles. The van der Waals surface area contributed by atoms with Crippen molar-refractivity contribution < 1.29 is 4.74 Å². The molecule has 1 saturated carbocycles. The van der Waals surface area contributed by atoms with Gasteiger partial charge in [0.1, 0.15) is 11.9 Å². The van der Waals surface area contributed by atoms with Crippen LogP contribution in [-0.4, -0.2) is 19.2 Å². The standard InChI is InChI=1S/C16H21Cl2NO/c17-13-7-14(18)9-15(8-13)20-16(11-3-1-2-4-11)12-5-6-19-10-12/h7-9,11-12,16,19H,1-6,10H2. The Hall–Kier alpha value is -0.440. The summed E-state index contributed by atoms with van der Waals surface area (Å²) < 4.78 is 6.34. The maximum atomic E-state index is 6.34. The Morgan fingerprint density at radius 2 is 1.70 bits per heavy atom. The fraction of sp³-hybridized carbons (Fsp3) is 0.625. The van der Waals surface area contributed by atoms with Crippen molar-refractivity contribution in [3.63, 3.8) is 0 Å². The molecule has 1 aliphatic carbocycles. The first-order valence-corrected chi connectivity index (χ1v) is 8.31. The molecule has 2 atom stereocenters. The number of hydrogen-bond donors (Lipinski definition) is 1. The van der Waals surface area contributed by atoms with E-state index < -0.39 is 0 Å². The fourth-order valence-electron chi connectivity index (χ4n) is 3.57. The molecule has 3 rings (SSSR count). The highest BCUT2D eigenvalue weighted by atomic mass is 35.5. The van der Waals surface area contributed by atoms with Gasteiger partial charge in [0.25, 0.3) is 0 Å². The van der Waals surface area contributed by atoms with E-state index in [0.717, 1.165) is 18.8 Å². The zero-order valence-corrected chi connectivity index (χ0v) is 13.1. The lowest BCUT2D eigenvalue weighted by Gasteiger charge is -2.29. The Balaban J connectivity index is 1.77. The van der Waals surface area contributed by atoms with E-state index >= 15 is 0 Å². The third-order valence-corrected chi connectivity index (χ3v) is 4.97. The van der Waals surface area contributed by atoms with E-state index in [0.29, 0.717) is 28.0 Å². The lowest BCUT2D eigenvalue weighted by molar-refractivity contribution is 0.0843. The molecule has 20 heavy (non-hydrogen) atoms. The fourth-order valence-corrected chi connectivity index (χ4v) is 4.08.